The van der Waals surface area contributed by atoms with E-state index in [4.69, 9.17) is 5.11 Å². The van der Waals surface area contributed by atoms with Gasteiger partial charge in [0.2, 0.25) is 0 Å². The molecular formula is C14H17N3O2. The minimum atomic E-state index is -0.906. The Morgan fingerprint density at radius 3 is 2.89 bits per heavy atom. The zero-order valence-electron chi connectivity index (χ0n) is 10.7. The van der Waals surface area contributed by atoms with Crippen LogP contribution in [0.5, 0.6) is 0 Å². The lowest BCUT2D eigenvalue weighted by atomic mass is 10.2. The molecule has 5 nitrogen and oxygen atoms in total. The third kappa shape index (κ3) is 2.33. The van der Waals surface area contributed by atoms with Gasteiger partial charge in [0.1, 0.15) is 5.82 Å². The van der Waals surface area contributed by atoms with E-state index in [2.05, 4.69) is 9.88 Å². The number of hydrogen-bond acceptors (Lipinski definition) is 3. The fourth-order valence-corrected chi connectivity index (χ4v) is 2.71. The maximum atomic E-state index is 11.1. The second-order valence-corrected chi connectivity index (χ2v) is 4.96. The van der Waals surface area contributed by atoms with Crippen LogP contribution < -0.4 is 0 Å². The summed E-state index contributed by atoms with van der Waals surface area (Å²) in [7, 11) is 0. The van der Waals surface area contributed by atoms with Crippen molar-refractivity contribution in [3.8, 4) is 0 Å². The van der Waals surface area contributed by atoms with Crippen molar-refractivity contribution in [3.05, 3.63) is 35.9 Å². The molecule has 0 atom stereocenters. The molecule has 0 amide bonds. The van der Waals surface area contributed by atoms with Gasteiger partial charge in [-0.1, -0.05) is 0 Å². The van der Waals surface area contributed by atoms with Crippen LogP contribution in [0, 0.1) is 0 Å². The van der Waals surface area contributed by atoms with Crippen LogP contribution >= 0.6 is 0 Å². The van der Waals surface area contributed by atoms with Crippen LogP contribution in [0.1, 0.15) is 29.0 Å². The molecule has 0 radical (unpaired) electrons. The average Bonchev–Trinajstić information content (AvgIpc) is 3.05. The van der Waals surface area contributed by atoms with E-state index in [1.807, 2.05) is 10.6 Å². The van der Waals surface area contributed by atoms with Crippen LogP contribution in [0.15, 0.2) is 24.5 Å². The molecule has 0 spiro atoms. The molecule has 3 heterocycles. The van der Waals surface area contributed by atoms with Gasteiger partial charge in [0, 0.05) is 19.2 Å². The van der Waals surface area contributed by atoms with E-state index in [0.717, 1.165) is 18.8 Å². The molecular weight excluding hydrogens is 242 g/mol. The second-order valence-electron chi connectivity index (χ2n) is 4.96. The van der Waals surface area contributed by atoms with Crippen LogP contribution in [-0.4, -0.2) is 45.0 Å². The van der Waals surface area contributed by atoms with E-state index < -0.39 is 5.97 Å². The van der Waals surface area contributed by atoms with E-state index in [0.29, 0.717) is 11.1 Å². The highest BCUT2D eigenvalue weighted by molar-refractivity contribution is 5.95. The topological polar surface area (TPSA) is 57.8 Å². The fourth-order valence-electron chi connectivity index (χ4n) is 2.71. The van der Waals surface area contributed by atoms with Crippen molar-refractivity contribution < 1.29 is 9.90 Å². The van der Waals surface area contributed by atoms with Crippen LogP contribution in [0.25, 0.3) is 5.52 Å². The molecule has 0 saturated carbocycles. The minimum absolute atomic E-state index is 0.308. The number of likely N-dealkylation sites (tertiary alicyclic amines) is 1. The fraction of sp³-hybridized carbons (Fsp3) is 0.429. The number of carboxylic acid groups (broad SMARTS) is 1. The molecule has 0 bridgehead atoms. The van der Waals surface area contributed by atoms with Gasteiger partial charge < -0.3 is 14.4 Å². The quantitative estimate of drug-likeness (QED) is 0.907. The molecule has 0 aliphatic carbocycles. The minimum Gasteiger partial charge on any atom is -0.478 e. The van der Waals surface area contributed by atoms with E-state index in [9.17, 15) is 4.79 Å². The number of carbonyl (C=O) groups is 1. The number of imidazole rings is 1. The molecule has 0 aromatic carbocycles. The highest BCUT2D eigenvalue weighted by Crippen LogP contribution is 2.14. The Kier molecular flexibility index (Phi) is 3.21. The first kappa shape index (κ1) is 12.2. The molecule has 1 fully saturated rings. The van der Waals surface area contributed by atoms with E-state index in [1.54, 1.807) is 18.3 Å². The third-order valence-electron chi connectivity index (χ3n) is 3.73. The summed E-state index contributed by atoms with van der Waals surface area (Å²) < 4.78 is 1.89. The largest absolute Gasteiger partial charge is 0.478 e. The number of aromatic carboxylic acids is 1. The number of carboxylic acids is 1. The number of nitrogens with zero attached hydrogens (tertiary/aromatic N) is 3. The monoisotopic (exact) mass is 259 g/mol. The Labute approximate surface area is 111 Å². The van der Waals surface area contributed by atoms with Gasteiger partial charge >= 0.3 is 5.97 Å². The summed E-state index contributed by atoms with van der Waals surface area (Å²) in [6, 6.07) is 3.38. The van der Waals surface area contributed by atoms with E-state index in [-0.39, 0.29) is 0 Å². The van der Waals surface area contributed by atoms with Crippen molar-refractivity contribution >= 4 is 11.5 Å². The van der Waals surface area contributed by atoms with E-state index >= 15 is 0 Å². The van der Waals surface area contributed by atoms with Gasteiger partial charge in [0.15, 0.2) is 0 Å². The normalized spacial score (nSPS) is 16.2. The zero-order valence-corrected chi connectivity index (χ0v) is 10.7. The first-order valence-corrected chi connectivity index (χ1v) is 6.66. The molecule has 2 aromatic rings. The summed E-state index contributed by atoms with van der Waals surface area (Å²) in [5.41, 5.74) is 0.980. The molecule has 100 valence electrons. The maximum absolute atomic E-state index is 11.1. The van der Waals surface area contributed by atoms with Gasteiger partial charge in [0.05, 0.1) is 17.3 Å². The van der Waals surface area contributed by atoms with E-state index in [1.165, 1.54) is 25.9 Å². The van der Waals surface area contributed by atoms with Crippen molar-refractivity contribution in [2.75, 3.05) is 19.6 Å². The zero-order chi connectivity index (χ0) is 13.2. The Hall–Kier alpha value is -1.88. The number of pyridine rings is 1. The van der Waals surface area contributed by atoms with Gasteiger partial charge in [-0.15, -0.1) is 0 Å². The number of hydrogen-bond donors (Lipinski definition) is 1. The molecule has 1 aliphatic rings. The van der Waals surface area contributed by atoms with Crippen molar-refractivity contribution in [2.45, 2.75) is 19.3 Å². The summed E-state index contributed by atoms with van der Waals surface area (Å²) in [4.78, 5) is 17.9. The number of aromatic nitrogens is 2. The molecule has 1 saturated heterocycles. The Balaban J connectivity index is 1.84. The van der Waals surface area contributed by atoms with Gasteiger partial charge in [0.25, 0.3) is 0 Å². The van der Waals surface area contributed by atoms with Gasteiger partial charge in [-0.3, -0.25) is 0 Å². The predicted octanol–water partition coefficient (Wildman–Crippen LogP) is 1.67. The van der Waals surface area contributed by atoms with Gasteiger partial charge in [-0.2, -0.15) is 0 Å². The smallest absolute Gasteiger partial charge is 0.337 e. The van der Waals surface area contributed by atoms with Crippen LogP contribution in [0.4, 0.5) is 0 Å². The predicted molar refractivity (Wildman–Crippen MR) is 71.5 cm³/mol. The lowest BCUT2D eigenvalue weighted by molar-refractivity contribution is 0.0698. The highest BCUT2D eigenvalue weighted by Gasteiger charge is 2.14. The van der Waals surface area contributed by atoms with Crippen LogP contribution in [0.2, 0.25) is 0 Å². The summed E-state index contributed by atoms with van der Waals surface area (Å²) in [6.07, 6.45) is 6.96. The first-order valence-electron chi connectivity index (χ1n) is 6.66. The maximum Gasteiger partial charge on any atom is 0.337 e. The second kappa shape index (κ2) is 5.01. The first-order chi connectivity index (χ1) is 9.25. The highest BCUT2D eigenvalue weighted by atomic mass is 16.4. The Bertz CT molecular complexity index is 600. The summed E-state index contributed by atoms with van der Waals surface area (Å²) in [5.74, 6) is 0.0293. The molecule has 1 aliphatic heterocycles. The van der Waals surface area contributed by atoms with Crippen molar-refractivity contribution in [1.82, 2.24) is 14.3 Å². The van der Waals surface area contributed by atoms with Crippen molar-refractivity contribution in [2.24, 2.45) is 0 Å². The summed E-state index contributed by atoms with van der Waals surface area (Å²) in [6.45, 7) is 3.34. The van der Waals surface area contributed by atoms with Gasteiger partial charge in [-0.05, 0) is 38.1 Å². The Morgan fingerprint density at radius 1 is 1.37 bits per heavy atom. The lowest BCUT2D eigenvalue weighted by Crippen LogP contribution is -2.22. The SMILES string of the molecule is O=C(O)c1cccn2c(CCN3CCCC3)ncc12. The van der Waals surface area contributed by atoms with Crippen molar-refractivity contribution in [1.29, 1.82) is 0 Å². The Morgan fingerprint density at radius 2 is 2.16 bits per heavy atom. The van der Waals surface area contributed by atoms with Crippen LogP contribution in [0.3, 0.4) is 0 Å². The molecule has 2 aromatic heterocycles. The molecule has 0 unspecified atom stereocenters. The third-order valence-corrected chi connectivity index (χ3v) is 3.73. The lowest BCUT2D eigenvalue weighted by Gasteiger charge is -2.13. The van der Waals surface area contributed by atoms with Crippen LogP contribution in [-0.2, 0) is 6.42 Å². The molecule has 1 N–H and O–H groups in total. The standard InChI is InChI=1S/C14H17N3O2/c18-14(19)11-4-3-8-17-12(11)10-15-13(17)5-9-16-6-1-2-7-16/h3-4,8,10H,1-2,5-7,9H2,(H,18,19). The summed E-state index contributed by atoms with van der Waals surface area (Å²) in [5, 5.41) is 9.15. The number of fused-ring (bicyclic) bond motifs is 1. The average molecular weight is 259 g/mol. The summed E-state index contributed by atoms with van der Waals surface area (Å²) >= 11 is 0. The molecule has 5 heteroatoms. The van der Waals surface area contributed by atoms with Crippen molar-refractivity contribution in [3.63, 3.8) is 0 Å². The molecule has 19 heavy (non-hydrogen) atoms. The molecule has 3 rings (SSSR count). The van der Waals surface area contributed by atoms with Gasteiger partial charge in [-0.25, -0.2) is 9.78 Å². The number of rotatable bonds is 4.